The molecule has 0 heterocycles. The molecule has 1 amide bonds. The molecular weight excluding hydrogens is 336 g/mol. The zero-order valence-corrected chi connectivity index (χ0v) is 15.2. The van der Waals surface area contributed by atoms with Gasteiger partial charge in [0.05, 0.1) is 4.90 Å². The van der Waals surface area contributed by atoms with Gasteiger partial charge in [0.1, 0.15) is 0 Å². The van der Waals surface area contributed by atoms with Gasteiger partial charge in [-0.2, -0.15) is 0 Å². The van der Waals surface area contributed by atoms with E-state index in [4.69, 9.17) is 5.14 Å². The van der Waals surface area contributed by atoms with Gasteiger partial charge < -0.3 is 4.90 Å². The summed E-state index contributed by atoms with van der Waals surface area (Å²) in [4.78, 5) is 14.9. The summed E-state index contributed by atoms with van der Waals surface area (Å²) in [7, 11) is -3.84. The number of hydrogen-bond acceptors (Lipinski definition) is 3. The number of sulfonamides is 1. The maximum absolute atomic E-state index is 13.1. The summed E-state index contributed by atoms with van der Waals surface area (Å²) >= 11 is 0. The Balaban J connectivity index is 1.92. The van der Waals surface area contributed by atoms with Crippen LogP contribution in [0.15, 0.2) is 47.4 Å². The quantitative estimate of drug-likeness (QED) is 0.892. The molecule has 0 radical (unpaired) electrons. The third-order valence-electron chi connectivity index (χ3n) is 4.49. The van der Waals surface area contributed by atoms with Gasteiger partial charge in [0.15, 0.2) is 0 Å². The first-order valence-corrected chi connectivity index (χ1v) is 9.80. The van der Waals surface area contributed by atoms with Gasteiger partial charge in [-0.1, -0.05) is 35.9 Å². The van der Waals surface area contributed by atoms with E-state index in [0.717, 1.165) is 24.0 Å². The van der Waals surface area contributed by atoms with Crippen LogP contribution in [0.4, 0.5) is 0 Å². The Morgan fingerprint density at radius 1 is 1.12 bits per heavy atom. The molecule has 0 aromatic heterocycles. The maximum atomic E-state index is 13.1. The highest BCUT2D eigenvalue weighted by atomic mass is 32.2. The van der Waals surface area contributed by atoms with Gasteiger partial charge in [-0.3, -0.25) is 4.79 Å². The molecule has 2 N–H and O–H groups in total. The smallest absolute Gasteiger partial charge is 0.254 e. The van der Waals surface area contributed by atoms with E-state index in [0.29, 0.717) is 12.1 Å². The lowest BCUT2D eigenvalue weighted by molar-refractivity contribution is 0.0729. The van der Waals surface area contributed by atoms with Crippen molar-refractivity contribution in [2.75, 3.05) is 0 Å². The van der Waals surface area contributed by atoms with Crippen molar-refractivity contribution in [3.63, 3.8) is 0 Å². The summed E-state index contributed by atoms with van der Waals surface area (Å²) in [5.74, 6) is -0.147. The SMILES string of the molecule is Cc1ccc(CN(C(=O)c2cc(S(N)(=O)=O)ccc2C)C2CC2)cc1. The number of carbonyl (C=O) groups is 1. The van der Waals surface area contributed by atoms with Crippen molar-refractivity contribution in [1.82, 2.24) is 4.90 Å². The lowest BCUT2D eigenvalue weighted by atomic mass is 10.1. The molecular formula is C19H22N2O3S. The van der Waals surface area contributed by atoms with Gasteiger partial charge in [-0.15, -0.1) is 0 Å². The molecule has 1 aliphatic carbocycles. The monoisotopic (exact) mass is 358 g/mol. The minimum absolute atomic E-state index is 0.0347. The molecule has 1 aliphatic rings. The molecule has 0 spiro atoms. The number of nitrogens with zero attached hydrogens (tertiary/aromatic N) is 1. The molecule has 1 saturated carbocycles. The number of hydrogen-bond donors (Lipinski definition) is 1. The Morgan fingerprint density at radius 3 is 2.32 bits per heavy atom. The highest BCUT2D eigenvalue weighted by Gasteiger charge is 2.33. The number of aryl methyl sites for hydroxylation is 2. The van der Waals surface area contributed by atoms with Crippen LogP contribution in [0, 0.1) is 13.8 Å². The van der Waals surface area contributed by atoms with Crippen molar-refractivity contribution in [2.45, 2.75) is 44.2 Å². The molecule has 132 valence electrons. The van der Waals surface area contributed by atoms with Crippen molar-refractivity contribution in [3.8, 4) is 0 Å². The molecule has 2 aromatic carbocycles. The third kappa shape index (κ3) is 4.08. The molecule has 0 aliphatic heterocycles. The Hall–Kier alpha value is -2.18. The van der Waals surface area contributed by atoms with E-state index in [9.17, 15) is 13.2 Å². The molecule has 0 saturated heterocycles. The topological polar surface area (TPSA) is 80.5 Å². The normalized spacial score (nSPS) is 14.4. The second kappa shape index (κ2) is 6.61. The predicted octanol–water partition coefficient (Wildman–Crippen LogP) is 2.76. The number of nitrogens with two attached hydrogens (primary N) is 1. The largest absolute Gasteiger partial charge is 0.331 e. The molecule has 6 heteroatoms. The summed E-state index contributed by atoms with van der Waals surface area (Å²) in [5, 5.41) is 5.21. The van der Waals surface area contributed by atoms with E-state index >= 15 is 0 Å². The number of carbonyl (C=O) groups excluding carboxylic acids is 1. The fraction of sp³-hybridized carbons (Fsp3) is 0.316. The average molecular weight is 358 g/mol. The van der Waals surface area contributed by atoms with Gasteiger partial charge in [0.2, 0.25) is 10.0 Å². The van der Waals surface area contributed by atoms with Crippen LogP contribution in [-0.4, -0.2) is 25.3 Å². The van der Waals surface area contributed by atoms with Crippen molar-refractivity contribution < 1.29 is 13.2 Å². The molecule has 0 atom stereocenters. The fourth-order valence-electron chi connectivity index (χ4n) is 2.81. The summed E-state index contributed by atoms with van der Waals surface area (Å²) in [6.45, 7) is 4.34. The molecule has 0 bridgehead atoms. The maximum Gasteiger partial charge on any atom is 0.254 e. The first kappa shape index (κ1) is 17.6. The molecule has 5 nitrogen and oxygen atoms in total. The average Bonchev–Trinajstić information content (AvgIpc) is 3.38. The first-order valence-electron chi connectivity index (χ1n) is 8.25. The summed E-state index contributed by atoms with van der Waals surface area (Å²) in [5.41, 5.74) is 3.37. The Bertz CT molecular complexity index is 901. The predicted molar refractivity (Wildman–Crippen MR) is 96.6 cm³/mol. The first-order chi connectivity index (χ1) is 11.8. The number of primary sulfonamides is 1. The Morgan fingerprint density at radius 2 is 1.76 bits per heavy atom. The zero-order valence-electron chi connectivity index (χ0n) is 14.4. The van der Waals surface area contributed by atoms with Gasteiger partial charge in [-0.25, -0.2) is 13.6 Å². The van der Waals surface area contributed by atoms with Crippen molar-refractivity contribution in [3.05, 3.63) is 64.7 Å². The van der Waals surface area contributed by atoms with Crippen LogP contribution in [-0.2, 0) is 16.6 Å². The molecule has 25 heavy (non-hydrogen) atoms. The number of benzene rings is 2. The van der Waals surface area contributed by atoms with Crippen LogP contribution in [0.5, 0.6) is 0 Å². The molecule has 0 unspecified atom stereocenters. The summed E-state index contributed by atoms with van der Waals surface area (Å²) < 4.78 is 23.2. The molecule has 3 rings (SSSR count). The van der Waals surface area contributed by atoms with Crippen molar-refractivity contribution in [2.24, 2.45) is 5.14 Å². The van der Waals surface area contributed by atoms with Gasteiger partial charge in [0.25, 0.3) is 5.91 Å². The lowest BCUT2D eigenvalue weighted by Gasteiger charge is -2.24. The zero-order chi connectivity index (χ0) is 18.2. The highest BCUT2D eigenvalue weighted by Crippen LogP contribution is 2.31. The lowest BCUT2D eigenvalue weighted by Crippen LogP contribution is -2.33. The minimum atomic E-state index is -3.84. The number of amides is 1. The second-order valence-electron chi connectivity index (χ2n) is 6.67. The van der Waals surface area contributed by atoms with Crippen LogP contribution in [0.25, 0.3) is 0 Å². The van der Waals surface area contributed by atoms with Gasteiger partial charge >= 0.3 is 0 Å². The van der Waals surface area contributed by atoms with E-state index in [2.05, 4.69) is 0 Å². The number of rotatable bonds is 5. The van der Waals surface area contributed by atoms with E-state index in [-0.39, 0.29) is 16.8 Å². The van der Waals surface area contributed by atoms with E-state index in [1.165, 1.54) is 17.7 Å². The van der Waals surface area contributed by atoms with Crippen molar-refractivity contribution >= 4 is 15.9 Å². The standard InChI is InChI=1S/C19H22N2O3S/c1-13-3-6-15(7-4-13)12-21(16-8-9-16)19(22)18-11-17(25(20,23)24)10-5-14(18)2/h3-7,10-11,16H,8-9,12H2,1-2H3,(H2,20,23,24). The van der Waals surface area contributed by atoms with Crippen LogP contribution in [0.1, 0.15) is 39.9 Å². The summed E-state index contributed by atoms with van der Waals surface area (Å²) in [6.07, 6.45) is 1.96. The fourth-order valence-corrected chi connectivity index (χ4v) is 3.35. The minimum Gasteiger partial charge on any atom is -0.331 e. The Kier molecular flexibility index (Phi) is 4.67. The van der Waals surface area contributed by atoms with Crippen molar-refractivity contribution in [1.29, 1.82) is 0 Å². The van der Waals surface area contributed by atoms with Crippen LogP contribution < -0.4 is 5.14 Å². The Labute approximate surface area is 148 Å². The summed E-state index contributed by atoms with van der Waals surface area (Å²) in [6, 6.07) is 12.8. The van der Waals surface area contributed by atoms with Crippen LogP contribution in [0.2, 0.25) is 0 Å². The molecule has 1 fully saturated rings. The van der Waals surface area contributed by atoms with Crippen LogP contribution >= 0.6 is 0 Å². The third-order valence-corrected chi connectivity index (χ3v) is 5.40. The van der Waals surface area contributed by atoms with E-state index < -0.39 is 10.0 Å². The van der Waals surface area contributed by atoms with Crippen LogP contribution in [0.3, 0.4) is 0 Å². The second-order valence-corrected chi connectivity index (χ2v) is 8.23. The molecule has 2 aromatic rings. The highest BCUT2D eigenvalue weighted by molar-refractivity contribution is 7.89. The van der Waals surface area contributed by atoms with Gasteiger partial charge in [-0.05, 0) is 49.9 Å². The van der Waals surface area contributed by atoms with Gasteiger partial charge in [0, 0.05) is 18.2 Å². The van der Waals surface area contributed by atoms with E-state index in [1.807, 2.05) is 36.1 Å². The van der Waals surface area contributed by atoms with E-state index in [1.54, 1.807) is 13.0 Å².